The molecule has 2 aliphatic carbocycles. The van der Waals surface area contributed by atoms with Crippen LogP contribution in [0.5, 0.6) is 0 Å². The van der Waals surface area contributed by atoms with Crippen LogP contribution in [0, 0.1) is 23.7 Å². The van der Waals surface area contributed by atoms with E-state index in [1.807, 2.05) is 31.2 Å². The normalized spacial score (nSPS) is 23.0. The van der Waals surface area contributed by atoms with Crippen molar-refractivity contribution in [2.45, 2.75) is 71.6 Å². The summed E-state index contributed by atoms with van der Waals surface area (Å²) < 4.78 is 0. The number of ketones is 1. The molecule has 0 saturated carbocycles. The van der Waals surface area contributed by atoms with Crippen LogP contribution >= 0.6 is 11.3 Å². The largest absolute Gasteiger partial charge is 0.383 e. The number of anilines is 1. The van der Waals surface area contributed by atoms with E-state index < -0.39 is 5.92 Å². The Hall–Kier alpha value is -3.17. The summed E-state index contributed by atoms with van der Waals surface area (Å²) in [4.78, 5) is 22.3. The van der Waals surface area contributed by atoms with E-state index in [1.165, 1.54) is 23.3 Å². The van der Waals surface area contributed by atoms with Gasteiger partial charge in [-0.05, 0) is 61.1 Å². The van der Waals surface area contributed by atoms with Crippen LogP contribution in [0.25, 0.3) is 0 Å². The topological polar surface area (TPSA) is 82.5 Å². The molecule has 6 rings (SSSR count). The lowest BCUT2D eigenvalue weighted by Crippen LogP contribution is -2.42. The zero-order valence-electron chi connectivity index (χ0n) is 20.6. The third-order valence-corrected chi connectivity index (χ3v) is 9.18. The Bertz CT molecular complexity index is 1410. The Kier molecular flexibility index (Phi) is 5.05. The number of nitrogens with zero attached hydrogens (tertiary/aromatic N) is 3. The highest BCUT2D eigenvalue weighted by atomic mass is 32.1. The van der Waals surface area contributed by atoms with Crippen molar-refractivity contribution < 1.29 is 4.79 Å². The Morgan fingerprint density at radius 2 is 1.94 bits per heavy atom. The fourth-order valence-electron chi connectivity index (χ4n) is 6.34. The first-order valence-corrected chi connectivity index (χ1v) is 13.4. The summed E-state index contributed by atoms with van der Waals surface area (Å²) in [6.45, 7) is 6.37. The number of thiophene rings is 1. The Morgan fingerprint density at radius 1 is 1.17 bits per heavy atom. The van der Waals surface area contributed by atoms with Gasteiger partial charge in [0.05, 0.1) is 23.1 Å². The molecule has 0 saturated heterocycles. The SMILES string of the molecule is Cc1ccccc1[C@@H]1C(C#N)=C2N=C(N)c3c(sc4c3CCCCC4)N2C2=C1C(=O)CC(C)(C)C2. The average Bonchev–Trinajstić information content (AvgIpc) is 3.01. The van der Waals surface area contributed by atoms with Crippen molar-refractivity contribution in [3.8, 4) is 6.07 Å². The molecule has 0 spiro atoms. The van der Waals surface area contributed by atoms with Crippen LogP contribution in [-0.4, -0.2) is 11.6 Å². The molecule has 1 aromatic carbocycles. The summed E-state index contributed by atoms with van der Waals surface area (Å²) in [6.07, 6.45) is 6.88. The summed E-state index contributed by atoms with van der Waals surface area (Å²) >= 11 is 1.79. The van der Waals surface area contributed by atoms with E-state index in [-0.39, 0.29) is 11.2 Å². The summed E-state index contributed by atoms with van der Waals surface area (Å²) in [5.41, 5.74) is 13.2. The van der Waals surface area contributed by atoms with Gasteiger partial charge in [0.1, 0.15) is 10.8 Å². The molecule has 2 N–H and O–H groups in total. The third-order valence-electron chi connectivity index (χ3n) is 7.90. The van der Waals surface area contributed by atoms with Gasteiger partial charge in [-0.1, -0.05) is 44.5 Å². The van der Waals surface area contributed by atoms with E-state index in [0.29, 0.717) is 23.7 Å². The Labute approximate surface area is 210 Å². The first-order chi connectivity index (χ1) is 16.8. The van der Waals surface area contributed by atoms with Crippen molar-refractivity contribution in [1.29, 1.82) is 5.26 Å². The van der Waals surface area contributed by atoms with Crippen molar-refractivity contribution in [2.24, 2.45) is 16.1 Å². The van der Waals surface area contributed by atoms with Gasteiger partial charge in [0.2, 0.25) is 0 Å². The Morgan fingerprint density at radius 3 is 2.71 bits per heavy atom. The van der Waals surface area contributed by atoms with E-state index >= 15 is 0 Å². The number of amidine groups is 1. The minimum absolute atomic E-state index is 0.137. The summed E-state index contributed by atoms with van der Waals surface area (Å²) in [5, 5.41) is 11.5. The molecular formula is C29H30N4OS. The molecule has 0 radical (unpaired) electrons. The third kappa shape index (κ3) is 3.32. The Balaban J connectivity index is 1.66. The van der Waals surface area contributed by atoms with Crippen LogP contribution in [-0.2, 0) is 17.6 Å². The van der Waals surface area contributed by atoms with Crippen molar-refractivity contribution >= 4 is 28.0 Å². The number of nitriles is 1. The number of hydrogen-bond donors (Lipinski definition) is 1. The highest BCUT2D eigenvalue weighted by Crippen LogP contribution is 2.55. The lowest BCUT2D eigenvalue weighted by atomic mass is 9.68. The molecule has 1 aromatic heterocycles. The minimum Gasteiger partial charge on any atom is -0.383 e. The first kappa shape index (κ1) is 22.3. The molecule has 178 valence electrons. The summed E-state index contributed by atoms with van der Waals surface area (Å²) in [6, 6.07) is 10.5. The predicted molar refractivity (Wildman–Crippen MR) is 140 cm³/mol. The van der Waals surface area contributed by atoms with Gasteiger partial charge in [0, 0.05) is 22.6 Å². The molecule has 0 bridgehead atoms. The first-order valence-electron chi connectivity index (χ1n) is 12.6. The van der Waals surface area contributed by atoms with Gasteiger partial charge in [-0.3, -0.25) is 9.69 Å². The lowest BCUT2D eigenvalue weighted by Gasteiger charge is -2.44. The number of Topliss-reactive ketones (excluding diaryl/α,β-unsaturated/α-hetero) is 1. The van der Waals surface area contributed by atoms with Gasteiger partial charge in [0.15, 0.2) is 11.6 Å². The van der Waals surface area contributed by atoms with Gasteiger partial charge in [0.25, 0.3) is 0 Å². The highest BCUT2D eigenvalue weighted by Gasteiger charge is 2.47. The van der Waals surface area contributed by atoms with Gasteiger partial charge in [-0.25, -0.2) is 4.99 Å². The number of rotatable bonds is 1. The zero-order valence-corrected chi connectivity index (χ0v) is 21.4. The van der Waals surface area contributed by atoms with Gasteiger partial charge < -0.3 is 5.73 Å². The molecule has 6 heteroatoms. The van der Waals surface area contributed by atoms with Crippen molar-refractivity contribution in [3.05, 3.63) is 74.1 Å². The van der Waals surface area contributed by atoms with E-state index in [0.717, 1.165) is 58.6 Å². The lowest BCUT2D eigenvalue weighted by molar-refractivity contribution is -0.118. The second-order valence-corrected chi connectivity index (χ2v) is 12.1. The quantitative estimate of drug-likeness (QED) is 0.503. The minimum atomic E-state index is -0.415. The second kappa shape index (κ2) is 7.93. The molecule has 0 amide bonds. The monoisotopic (exact) mass is 482 g/mol. The number of aryl methyl sites for hydroxylation is 2. The molecule has 3 heterocycles. The number of benzene rings is 1. The maximum atomic E-state index is 13.8. The standard InChI is InChI=1S/C29H30N4OS/c1-16-9-7-8-10-17(16)23-19(15-30)27-32-26(31)24-18-11-5-4-6-12-22(18)35-28(24)33(27)20-13-29(2,3)14-21(34)25(20)23/h7-10,23H,4-6,11-14H2,1-3H3,(H2,31,32)/t23-/m1/s1. The van der Waals surface area contributed by atoms with Gasteiger partial charge in [-0.15, -0.1) is 11.3 Å². The van der Waals surface area contributed by atoms with E-state index in [9.17, 15) is 10.1 Å². The molecule has 5 nitrogen and oxygen atoms in total. The predicted octanol–water partition coefficient (Wildman–Crippen LogP) is 6.03. The maximum absolute atomic E-state index is 13.8. The zero-order chi connectivity index (χ0) is 24.5. The van der Waals surface area contributed by atoms with Crippen LogP contribution in [0.4, 0.5) is 5.00 Å². The number of fused-ring (bicyclic) bond motifs is 6. The number of nitrogens with two attached hydrogens (primary N) is 1. The summed E-state index contributed by atoms with van der Waals surface area (Å²) in [5.74, 6) is 0.833. The smallest absolute Gasteiger partial charge is 0.162 e. The van der Waals surface area contributed by atoms with Crippen LogP contribution in [0.2, 0.25) is 0 Å². The van der Waals surface area contributed by atoms with E-state index in [2.05, 4.69) is 24.8 Å². The van der Waals surface area contributed by atoms with E-state index in [4.69, 9.17) is 10.7 Å². The molecule has 4 aliphatic rings. The second-order valence-electron chi connectivity index (χ2n) is 11.0. The van der Waals surface area contributed by atoms with Crippen LogP contribution in [0.1, 0.15) is 79.0 Å². The van der Waals surface area contributed by atoms with Crippen LogP contribution in [0.3, 0.4) is 0 Å². The highest BCUT2D eigenvalue weighted by molar-refractivity contribution is 7.17. The average molecular weight is 483 g/mol. The fraction of sp³-hybridized carbons (Fsp3) is 0.414. The molecule has 35 heavy (non-hydrogen) atoms. The van der Waals surface area contributed by atoms with Gasteiger partial charge in [-0.2, -0.15) is 5.26 Å². The van der Waals surface area contributed by atoms with Crippen molar-refractivity contribution in [3.63, 3.8) is 0 Å². The van der Waals surface area contributed by atoms with Gasteiger partial charge >= 0.3 is 0 Å². The van der Waals surface area contributed by atoms with Crippen molar-refractivity contribution in [2.75, 3.05) is 4.90 Å². The molecule has 2 aromatic rings. The molecule has 2 aliphatic heterocycles. The molecule has 0 fully saturated rings. The molecular weight excluding hydrogens is 452 g/mol. The maximum Gasteiger partial charge on any atom is 0.162 e. The fourth-order valence-corrected chi connectivity index (χ4v) is 7.76. The van der Waals surface area contributed by atoms with E-state index in [1.54, 1.807) is 11.3 Å². The number of aliphatic imine (C=N–C) groups is 1. The number of carbonyl (C=O) groups is 1. The summed E-state index contributed by atoms with van der Waals surface area (Å²) in [7, 11) is 0. The number of carbonyl (C=O) groups excluding carboxylic acids is 1. The molecule has 1 atom stereocenters. The molecule has 0 unspecified atom stereocenters. The number of hydrogen-bond acceptors (Lipinski definition) is 6. The number of allylic oxidation sites excluding steroid dienone is 3. The van der Waals surface area contributed by atoms with Crippen molar-refractivity contribution in [1.82, 2.24) is 0 Å². The van der Waals surface area contributed by atoms with Crippen LogP contribution < -0.4 is 10.6 Å². The van der Waals surface area contributed by atoms with Crippen LogP contribution in [0.15, 0.2) is 51.9 Å².